The highest BCUT2D eigenvalue weighted by atomic mass is 16.5. The van der Waals surface area contributed by atoms with Crippen molar-refractivity contribution in [1.82, 2.24) is 19.9 Å². The SMILES string of the molecule is CC(C)=CC(=O)C1(C(=O)N2CC=C(C#Cc3cc(-c4cnc(N)nc4)nc(N4CCOCC4)c3)CC2)CC1. The lowest BCUT2D eigenvalue weighted by atomic mass is 9.96. The molecule has 0 spiro atoms. The fourth-order valence-corrected chi connectivity index (χ4v) is 4.67. The molecule has 2 aliphatic heterocycles. The minimum absolute atomic E-state index is 0.0529. The number of pyridine rings is 1. The number of allylic oxidation sites excluding steroid dienone is 2. The number of anilines is 2. The topological polar surface area (TPSA) is 115 Å². The molecular weight excluding hydrogens is 480 g/mol. The normalized spacial score (nSPS) is 18.1. The largest absolute Gasteiger partial charge is 0.378 e. The third-order valence-electron chi connectivity index (χ3n) is 7.03. The Morgan fingerprint density at radius 1 is 1.08 bits per heavy atom. The van der Waals surface area contributed by atoms with Crippen LogP contribution in [0.2, 0.25) is 0 Å². The number of hydrogen-bond acceptors (Lipinski definition) is 8. The minimum Gasteiger partial charge on any atom is -0.378 e. The molecule has 0 unspecified atom stereocenters. The van der Waals surface area contributed by atoms with Gasteiger partial charge in [-0.25, -0.2) is 15.0 Å². The zero-order valence-corrected chi connectivity index (χ0v) is 21.9. The fraction of sp³-hybridized carbons (Fsp3) is 0.414. The van der Waals surface area contributed by atoms with E-state index in [1.165, 1.54) is 0 Å². The summed E-state index contributed by atoms with van der Waals surface area (Å²) in [5, 5.41) is 0. The number of morpholine rings is 1. The Hall–Kier alpha value is -4.03. The van der Waals surface area contributed by atoms with Crippen molar-refractivity contribution in [2.75, 3.05) is 50.0 Å². The van der Waals surface area contributed by atoms with Gasteiger partial charge in [-0.15, -0.1) is 0 Å². The molecule has 1 aliphatic carbocycles. The summed E-state index contributed by atoms with van der Waals surface area (Å²) in [5.74, 6) is 7.52. The summed E-state index contributed by atoms with van der Waals surface area (Å²) in [6.45, 7) is 7.62. The fourth-order valence-electron chi connectivity index (χ4n) is 4.67. The molecule has 9 nitrogen and oxygen atoms in total. The van der Waals surface area contributed by atoms with Crippen molar-refractivity contribution in [2.45, 2.75) is 33.1 Å². The molecule has 5 rings (SSSR count). The number of nitrogens with two attached hydrogens (primary N) is 1. The van der Waals surface area contributed by atoms with Gasteiger partial charge in [0.05, 0.1) is 18.9 Å². The second kappa shape index (κ2) is 10.8. The van der Waals surface area contributed by atoms with Gasteiger partial charge >= 0.3 is 0 Å². The number of nitrogen functional groups attached to an aromatic ring is 1. The lowest BCUT2D eigenvalue weighted by molar-refractivity contribution is -0.141. The van der Waals surface area contributed by atoms with E-state index in [9.17, 15) is 9.59 Å². The third kappa shape index (κ3) is 5.60. The molecule has 2 aromatic heterocycles. The standard InChI is InChI=1S/C29H32N6O3/c1-20(2)15-25(36)29(7-8-29)27(37)35-9-5-21(6-10-35)3-4-22-16-24(23-18-31-28(30)32-19-23)33-26(17-22)34-11-13-38-14-12-34/h5,15-19H,6-14H2,1-2H3,(H2,30,31,32). The van der Waals surface area contributed by atoms with Gasteiger partial charge < -0.3 is 20.3 Å². The van der Waals surface area contributed by atoms with Crippen LogP contribution in [-0.2, 0) is 14.3 Å². The zero-order chi connectivity index (χ0) is 26.7. The molecule has 1 saturated heterocycles. The maximum Gasteiger partial charge on any atom is 0.236 e. The molecule has 0 radical (unpaired) electrons. The molecule has 4 heterocycles. The van der Waals surface area contributed by atoms with Crippen LogP contribution in [0.4, 0.5) is 11.8 Å². The Morgan fingerprint density at radius 2 is 1.82 bits per heavy atom. The van der Waals surface area contributed by atoms with Gasteiger partial charge in [0.1, 0.15) is 11.2 Å². The molecule has 1 amide bonds. The average Bonchev–Trinajstić information content (AvgIpc) is 3.75. The second-order valence-corrected chi connectivity index (χ2v) is 10.2. The molecule has 2 aromatic rings. The summed E-state index contributed by atoms with van der Waals surface area (Å²) in [6.07, 6.45) is 8.85. The van der Waals surface area contributed by atoms with Crippen LogP contribution in [0.1, 0.15) is 38.7 Å². The quantitative estimate of drug-likeness (QED) is 0.370. The van der Waals surface area contributed by atoms with Crippen LogP contribution in [0.25, 0.3) is 11.3 Å². The van der Waals surface area contributed by atoms with Gasteiger partial charge in [0.15, 0.2) is 5.78 Å². The van der Waals surface area contributed by atoms with Gasteiger partial charge in [-0.1, -0.05) is 23.5 Å². The van der Waals surface area contributed by atoms with Gasteiger partial charge in [0, 0.05) is 55.3 Å². The number of ketones is 1. The van der Waals surface area contributed by atoms with Gasteiger partial charge in [0.2, 0.25) is 11.9 Å². The van der Waals surface area contributed by atoms with Crippen LogP contribution >= 0.6 is 0 Å². The number of ether oxygens (including phenoxy) is 1. The van der Waals surface area contributed by atoms with E-state index in [1.54, 1.807) is 23.4 Å². The van der Waals surface area contributed by atoms with E-state index in [1.807, 2.05) is 32.1 Å². The molecule has 2 N–H and O–H groups in total. The van der Waals surface area contributed by atoms with E-state index in [0.29, 0.717) is 45.6 Å². The number of hydrogen-bond donors (Lipinski definition) is 1. The van der Waals surface area contributed by atoms with Crippen LogP contribution in [0, 0.1) is 17.3 Å². The summed E-state index contributed by atoms with van der Waals surface area (Å²) in [7, 11) is 0. The molecule has 0 aromatic carbocycles. The van der Waals surface area contributed by atoms with E-state index in [2.05, 4.69) is 26.7 Å². The Labute approximate surface area is 222 Å². The molecular formula is C29H32N6O3. The zero-order valence-electron chi connectivity index (χ0n) is 21.9. The van der Waals surface area contributed by atoms with Crippen LogP contribution in [0.15, 0.2) is 47.8 Å². The van der Waals surface area contributed by atoms with E-state index in [-0.39, 0.29) is 17.6 Å². The lowest BCUT2D eigenvalue weighted by Crippen LogP contribution is -2.42. The number of carbonyl (C=O) groups excluding carboxylic acids is 2. The van der Waals surface area contributed by atoms with E-state index in [4.69, 9.17) is 15.5 Å². The predicted molar refractivity (Wildman–Crippen MR) is 145 cm³/mol. The van der Waals surface area contributed by atoms with Crippen LogP contribution in [-0.4, -0.2) is 70.9 Å². The first-order valence-electron chi connectivity index (χ1n) is 13.0. The van der Waals surface area contributed by atoms with Crippen molar-refractivity contribution < 1.29 is 14.3 Å². The van der Waals surface area contributed by atoms with Gasteiger partial charge in [-0.2, -0.15) is 0 Å². The number of nitrogens with zero attached hydrogens (tertiary/aromatic N) is 5. The molecule has 38 heavy (non-hydrogen) atoms. The smallest absolute Gasteiger partial charge is 0.236 e. The van der Waals surface area contributed by atoms with E-state index in [0.717, 1.165) is 46.9 Å². The number of carbonyl (C=O) groups is 2. The molecule has 0 atom stereocenters. The Bertz CT molecular complexity index is 1350. The molecule has 2 fully saturated rings. The van der Waals surface area contributed by atoms with Gasteiger partial charge in [-0.3, -0.25) is 9.59 Å². The highest BCUT2D eigenvalue weighted by Gasteiger charge is 2.56. The summed E-state index contributed by atoms with van der Waals surface area (Å²) >= 11 is 0. The van der Waals surface area contributed by atoms with Crippen molar-refractivity contribution in [3.05, 3.63) is 53.4 Å². The molecule has 0 bridgehead atoms. The van der Waals surface area contributed by atoms with Crippen LogP contribution in [0.5, 0.6) is 0 Å². The lowest BCUT2D eigenvalue weighted by Gasteiger charge is -2.28. The second-order valence-electron chi connectivity index (χ2n) is 10.2. The minimum atomic E-state index is -0.844. The maximum absolute atomic E-state index is 13.1. The summed E-state index contributed by atoms with van der Waals surface area (Å²) in [4.78, 5) is 42.8. The monoisotopic (exact) mass is 512 g/mol. The Kier molecular flexibility index (Phi) is 7.25. The summed E-state index contributed by atoms with van der Waals surface area (Å²) in [6, 6.07) is 3.92. The van der Waals surface area contributed by atoms with E-state index < -0.39 is 5.41 Å². The van der Waals surface area contributed by atoms with E-state index >= 15 is 0 Å². The number of amides is 1. The highest BCUT2D eigenvalue weighted by Crippen LogP contribution is 2.49. The average molecular weight is 513 g/mol. The van der Waals surface area contributed by atoms with Crippen molar-refractivity contribution >= 4 is 23.5 Å². The Morgan fingerprint density at radius 3 is 2.45 bits per heavy atom. The van der Waals surface area contributed by atoms with Gasteiger partial charge in [-0.05, 0) is 51.3 Å². The summed E-state index contributed by atoms with van der Waals surface area (Å²) in [5.41, 5.74) is 9.04. The molecule has 3 aliphatic rings. The van der Waals surface area contributed by atoms with Crippen molar-refractivity contribution in [1.29, 1.82) is 0 Å². The first-order chi connectivity index (χ1) is 18.3. The van der Waals surface area contributed by atoms with Crippen molar-refractivity contribution in [3.8, 4) is 23.1 Å². The first kappa shape index (κ1) is 25.6. The van der Waals surface area contributed by atoms with Crippen LogP contribution < -0.4 is 10.6 Å². The molecule has 9 heteroatoms. The Balaban J connectivity index is 1.34. The number of rotatable bonds is 5. The third-order valence-corrected chi connectivity index (χ3v) is 7.03. The predicted octanol–water partition coefficient (Wildman–Crippen LogP) is 2.78. The number of aromatic nitrogens is 3. The van der Waals surface area contributed by atoms with Crippen molar-refractivity contribution in [2.24, 2.45) is 5.41 Å². The maximum atomic E-state index is 13.1. The van der Waals surface area contributed by atoms with Crippen LogP contribution in [0.3, 0.4) is 0 Å². The van der Waals surface area contributed by atoms with Gasteiger partial charge in [0.25, 0.3) is 0 Å². The highest BCUT2D eigenvalue weighted by molar-refractivity contribution is 6.13. The summed E-state index contributed by atoms with van der Waals surface area (Å²) < 4.78 is 5.50. The molecule has 1 saturated carbocycles. The van der Waals surface area contributed by atoms with Crippen molar-refractivity contribution in [3.63, 3.8) is 0 Å². The first-order valence-corrected chi connectivity index (χ1v) is 13.0. The molecule has 196 valence electrons.